The smallest absolute Gasteiger partial charge is 0.331 e. The number of likely N-dealkylation sites (N-methyl/N-ethyl adjacent to an activating group) is 2. The molecule has 2 N–H and O–H groups in total. The number of carbonyl (C=O) groups excluding carboxylic acids is 2. The lowest BCUT2D eigenvalue weighted by molar-refractivity contribution is -0.143. The molecule has 0 unspecified atom stereocenters. The molecule has 1 rings (SSSR count). The van der Waals surface area contributed by atoms with Gasteiger partial charge in [0.25, 0.3) is 0 Å². The number of hydrogen-bond donors (Lipinski definition) is 2. The summed E-state index contributed by atoms with van der Waals surface area (Å²) in [4.78, 5) is 40.3. The molecule has 1 aromatic carbocycles. The Morgan fingerprint density at radius 2 is 1.59 bits per heavy atom. The predicted molar refractivity (Wildman–Crippen MR) is 138 cm³/mol. The zero-order valence-corrected chi connectivity index (χ0v) is 22.6. The van der Waals surface area contributed by atoms with Crippen LogP contribution in [0.5, 0.6) is 0 Å². The molecule has 0 bridgehead atoms. The largest absolute Gasteiger partial charge is 0.478 e. The van der Waals surface area contributed by atoms with Crippen LogP contribution in [0.1, 0.15) is 67.4 Å². The number of rotatable bonds is 11. The van der Waals surface area contributed by atoms with Gasteiger partial charge in [-0.05, 0) is 30.9 Å². The molecular formula is C28H44N2O4. The number of Topliss-reactive ketones (excluding diaryl/α,β-unsaturated/α-hetero) is 1. The SMILES string of the molecule is CN[C@@H](C(=O)C[C@H](C(=O)N(C)[C@H](/C=C(\C)C(=O)O)C(C)C)C(C)(C)C)C(C)(C)c1ccccc1. The van der Waals surface area contributed by atoms with E-state index in [9.17, 15) is 19.5 Å². The predicted octanol–water partition coefficient (Wildman–Crippen LogP) is 4.69. The van der Waals surface area contributed by atoms with Crippen molar-refractivity contribution in [3.63, 3.8) is 0 Å². The van der Waals surface area contributed by atoms with E-state index in [0.717, 1.165) is 5.56 Å². The molecule has 0 saturated heterocycles. The summed E-state index contributed by atoms with van der Waals surface area (Å²) in [6.45, 7) is 15.4. The first-order chi connectivity index (χ1) is 15.5. The molecule has 0 saturated carbocycles. The molecule has 0 spiro atoms. The number of carboxylic acids is 1. The minimum Gasteiger partial charge on any atom is -0.478 e. The summed E-state index contributed by atoms with van der Waals surface area (Å²) in [5, 5.41) is 12.5. The molecule has 0 aliphatic carbocycles. The van der Waals surface area contributed by atoms with Crippen LogP contribution in [0.4, 0.5) is 0 Å². The second-order valence-electron chi connectivity index (χ2n) is 11.2. The second-order valence-corrected chi connectivity index (χ2v) is 11.2. The molecule has 0 aromatic heterocycles. The van der Waals surface area contributed by atoms with Gasteiger partial charge in [-0.25, -0.2) is 4.79 Å². The standard InChI is InChI=1S/C28H44N2O4/c1-18(2)22(16-19(3)26(33)34)30(10)25(32)21(27(4,5)6)17-23(31)24(29-9)28(7,8)20-14-12-11-13-15-20/h11-16,18,21-22,24,29H,17H2,1-10H3,(H,33,34)/b19-16+/t21-,22-,24+/m1/s1. The molecule has 0 heterocycles. The number of benzene rings is 1. The number of nitrogens with zero attached hydrogens (tertiary/aromatic N) is 1. The Bertz CT molecular complexity index is 881. The van der Waals surface area contributed by atoms with Crippen molar-refractivity contribution in [2.45, 2.75) is 79.3 Å². The molecule has 0 fully saturated rings. The summed E-state index contributed by atoms with van der Waals surface area (Å²) in [5.41, 5.74) is 0.324. The number of amides is 1. The van der Waals surface area contributed by atoms with Crippen LogP contribution >= 0.6 is 0 Å². The van der Waals surface area contributed by atoms with Crippen molar-refractivity contribution >= 4 is 17.7 Å². The van der Waals surface area contributed by atoms with Gasteiger partial charge in [-0.15, -0.1) is 0 Å². The Kier molecular flexibility index (Phi) is 10.2. The average molecular weight is 473 g/mol. The van der Waals surface area contributed by atoms with Crippen LogP contribution in [0, 0.1) is 17.3 Å². The molecule has 6 heteroatoms. The molecule has 34 heavy (non-hydrogen) atoms. The fourth-order valence-corrected chi connectivity index (χ4v) is 4.51. The maximum absolute atomic E-state index is 13.7. The highest BCUT2D eigenvalue weighted by Gasteiger charge is 2.41. The van der Waals surface area contributed by atoms with Crippen LogP contribution in [0.3, 0.4) is 0 Å². The summed E-state index contributed by atoms with van der Waals surface area (Å²) >= 11 is 0. The quantitative estimate of drug-likeness (QED) is 0.456. The Morgan fingerprint density at radius 1 is 1.06 bits per heavy atom. The second kappa shape index (κ2) is 11.8. The lowest BCUT2D eigenvalue weighted by atomic mass is 9.71. The molecule has 1 amide bonds. The zero-order valence-electron chi connectivity index (χ0n) is 22.6. The molecule has 1 aromatic rings. The molecule has 190 valence electrons. The van der Waals surface area contributed by atoms with Crippen LogP contribution in [-0.2, 0) is 19.8 Å². The van der Waals surface area contributed by atoms with Crippen LogP contribution in [-0.4, -0.2) is 53.8 Å². The van der Waals surface area contributed by atoms with Gasteiger partial charge >= 0.3 is 5.97 Å². The van der Waals surface area contributed by atoms with E-state index in [2.05, 4.69) is 5.32 Å². The monoisotopic (exact) mass is 472 g/mol. The normalized spacial score (nSPS) is 15.6. The lowest BCUT2D eigenvalue weighted by Gasteiger charge is -2.39. The highest BCUT2D eigenvalue weighted by Crippen LogP contribution is 2.35. The number of hydrogen-bond acceptors (Lipinski definition) is 4. The number of aliphatic carboxylic acids is 1. The van der Waals surface area contributed by atoms with Crippen LogP contribution < -0.4 is 5.32 Å². The van der Waals surface area contributed by atoms with E-state index < -0.39 is 28.8 Å². The van der Waals surface area contributed by atoms with Crippen molar-refractivity contribution in [3.8, 4) is 0 Å². The van der Waals surface area contributed by atoms with Crippen molar-refractivity contribution in [3.05, 3.63) is 47.5 Å². The molecule has 0 radical (unpaired) electrons. The molecule has 0 aliphatic rings. The molecule has 6 nitrogen and oxygen atoms in total. The van der Waals surface area contributed by atoms with Crippen LogP contribution in [0.25, 0.3) is 0 Å². The third-order valence-corrected chi connectivity index (χ3v) is 6.83. The summed E-state index contributed by atoms with van der Waals surface area (Å²) in [7, 11) is 3.48. The summed E-state index contributed by atoms with van der Waals surface area (Å²) < 4.78 is 0. The van der Waals surface area contributed by atoms with E-state index in [4.69, 9.17) is 0 Å². The van der Waals surface area contributed by atoms with Crippen LogP contribution in [0.2, 0.25) is 0 Å². The Labute approximate surface area is 205 Å². The van der Waals surface area contributed by atoms with Gasteiger partial charge < -0.3 is 15.3 Å². The molecule has 0 aliphatic heterocycles. The van der Waals surface area contributed by atoms with Gasteiger partial charge in [-0.2, -0.15) is 0 Å². The van der Waals surface area contributed by atoms with E-state index in [-0.39, 0.29) is 35.6 Å². The first-order valence-corrected chi connectivity index (χ1v) is 12.0. The maximum Gasteiger partial charge on any atom is 0.331 e. The third kappa shape index (κ3) is 7.26. The van der Waals surface area contributed by atoms with E-state index in [1.165, 1.54) is 6.92 Å². The lowest BCUT2D eigenvalue weighted by Crippen LogP contribution is -2.52. The number of carbonyl (C=O) groups is 3. The highest BCUT2D eigenvalue weighted by atomic mass is 16.4. The van der Waals surface area contributed by atoms with Crippen molar-refractivity contribution in [2.24, 2.45) is 17.3 Å². The minimum absolute atomic E-state index is 0.0154. The van der Waals surface area contributed by atoms with Gasteiger partial charge in [0.1, 0.15) is 0 Å². The number of ketones is 1. The van der Waals surface area contributed by atoms with Gasteiger partial charge in [-0.3, -0.25) is 9.59 Å². The Morgan fingerprint density at radius 3 is 2.00 bits per heavy atom. The summed E-state index contributed by atoms with van der Waals surface area (Å²) in [5.74, 6) is -1.71. The van der Waals surface area contributed by atoms with Crippen molar-refractivity contribution in [1.82, 2.24) is 10.2 Å². The van der Waals surface area contributed by atoms with Crippen molar-refractivity contribution in [1.29, 1.82) is 0 Å². The fraction of sp³-hybridized carbons (Fsp3) is 0.607. The molecule has 3 atom stereocenters. The first kappa shape index (κ1) is 29.6. The summed E-state index contributed by atoms with van der Waals surface area (Å²) in [6.07, 6.45) is 1.72. The van der Waals surface area contributed by atoms with E-state index in [1.54, 1.807) is 25.1 Å². The van der Waals surface area contributed by atoms with Crippen molar-refractivity contribution in [2.75, 3.05) is 14.1 Å². The van der Waals surface area contributed by atoms with Gasteiger partial charge in [0, 0.05) is 30.4 Å². The topological polar surface area (TPSA) is 86.7 Å². The van der Waals surface area contributed by atoms with E-state index in [1.807, 2.05) is 78.8 Å². The molecular weight excluding hydrogens is 428 g/mol. The van der Waals surface area contributed by atoms with Crippen LogP contribution in [0.15, 0.2) is 42.0 Å². The zero-order chi connectivity index (χ0) is 26.4. The summed E-state index contributed by atoms with van der Waals surface area (Å²) in [6, 6.07) is 9.06. The Balaban J connectivity index is 3.29. The number of carboxylic acid groups (broad SMARTS) is 1. The number of nitrogens with one attached hydrogen (secondary N) is 1. The highest BCUT2D eigenvalue weighted by molar-refractivity contribution is 5.91. The average Bonchev–Trinajstić information content (AvgIpc) is 2.74. The van der Waals surface area contributed by atoms with Gasteiger partial charge in [0.05, 0.1) is 12.1 Å². The third-order valence-electron chi connectivity index (χ3n) is 6.83. The Hall–Kier alpha value is -2.47. The van der Waals surface area contributed by atoms with E-state index >= 15 is 0 Å². The van der Waals surface area contributed by atoms with E-state index in [0.29, 0.717) is 0 Å². The van der Waals surface area contributed by atoms with Gasteiger partial charge in [-0.1, -0.05) is 84.9 Å². The van der Waals surface area contributed by atoms with Gasteiger partial charge in [0.2, 0.25) is 5.91 Å². The van der Waals surface area contributed by atoms with Crippen molar-refractivity contribution < 1.29 is 19.5 Å². The minimum atomic E-state index is -1.01. The first-order valence-electron chi connectivity index (χ1n) is 12.0. The maximum atomic E-state index is 13.7. The fourth-order valence-electron chi connectivity index (χ4n) is 4.51. The van der Waals surface area contributed by atoms with Gasteiger partial charge in [0.15, 0.2) is 5.78 Å².